The third kappa shape index (κ3) is 2.95. The quantitative estimate of drug-likeness (QED) is 0.857. The summed E-state index contributed by atoms with van der Waals surface area (Å²) in [6, 6.07) is 8.84. The van der Waals surface area contributed by atoms with Gasteiger partial charge in [0.1, 0.15) is 0 Å². The lowest BCUT2D eigenvalue weighted by Gasteiger charge is -2.38. The zero-order chi connectivity index (χ0) is 15.9. The third-order valence-corrected chi connectivity index (χ3v) is 6.40. The first-order chi connectivity index (χ1) is 11.2. The van der Waals surface area contributed by atoms with Gasteiger partial charge in [0.15, 0.2) is 0 Å². The Kier molecular flexibility index (Phi) is 5.43. The molecule has 1 aromatic rings. The molecule has 0 aromatic heterocycles. The molecule has 5 heteroatoms. The number of hydrogen-bond donors (Lipinski definition) is 1. The molecule has 132 valence electrons. The Balaban J connectivity index is 0.00000169. The number of benzene rings is 1. The number of carbonyl (C=O) groups excluding carboxylic acids is 1. The van der Waals surface area contributed by atoms with Crippen LogP contribution in [0.4, 0.5) is 0 Å². The lowest BCUT2D eigenvalue weighted by molar-refractivity contribution is -0.140. The van der Waals surface area contributed by atoms with E-state index in [9.17, 15) is 4.79 Å². The van der Waals surface area contributed by atoms with Crippen LogP contribution >= 0.6 is 24.0 Å². The van der Waals surface area contributed by atoms with Gasteiger partial charge >= 0.3 is 0 Å². The van der Waals surface area contributed by atoms with Gasteiger partial charge in [0.05, 0.1) is 5.41 Å². The minimum absolute atomic E-state index is 0. The molecule has 3 fully saturated rings. The first-order valence-electron chi connectivity index (χ1n) is 9.00. The van der Waals surface area contributed by atoms with E-state index >= 15 is 0 Å². The highest BCUT2D eigenvalue weighted by atomic mass is 35.5. The average Bonchev–Trinajstić information content (AvgIpc) is 3.12. The van der Waals surface area contributed by atoms with Gasteiger partial charge in [-0.05, 0) is 56.3 Å². The molecule has 2 saturated heterocycles. The molecule has 3 aliphatic rings. The summed E-state index contributed by atoms with van der Waals surface area (Å²) in [6.45, 7) is 2.00. The SMILES string of the molecule is Cl.O=C(N1C2CCNCC1CC2)C1(c2ccc(Cl)cc2)CCCC1. The van der Waals surface area contributed by atoms with Gasteiger partial charge in [0, 0.05) is 23.7 Å². The van der Waals surface area contributed by atoms with E-state index in [0.29, 0.717) is 18.0 Å². The van der Waals surface area contributed by atoms with Crippen LogP contribution in [0.2, 0.25) is 5.02 Å². The molecule has 1 aliphatic carbocycles. The summed E-state index contributed by atoms with van der Waals surface area (Å²) >= 11 is 6.07. The fraction of sp³-hybridized carbons (Fsp3) is 0.632. The minimum atomic E-state index is -0.310. The number of nitrogens with zero attached hydrogens (tertiary/aromatic N) is 1. The summed E-state index contributed by atoms with van der Waals surface area (Å²) in [4.78, 5) is 16.0. The summed E-state index contributed by atoms with van der Waals surface area (Å²) in [5.74, 6) is 0.383. The van der Waals surface area contributed by atoms with Crippen molar-refractivity contribution in [3.05, 3.63) is 34.9 Å². The minimum Gasteiger partial charge on any atom is -0.335 e. The van der Waals surface area contributed by atoms with Crippen LogP contribution in [0.25, 0.3) is 0 Å². The highest BCUT2D eigenvalue weighted by Gasteiger charge is 2.49. The van der Waals surface area contributed by atoms with Gasteiger partial charge in [-0.25, -0.2) is 0 Å². The van der Waals surface area contributed by atoms with E-state index < -0.39 is 0 Å². The summed E-state index contributed by atoms with van der Waals surface area (Å²) in [5.41, 5.74) is 0.858. The second kappa shape index (κ2) is 7.23. The van der Waals surface area contributed by atoms with Gasteiger partial charge < -0.3 is 10.2 Å². The van der Waals surface area contributed by atoms with Crippen LogP contribution in [0.1, 0.15) is 50.5 Å². The topological polar surface area (TPSA) is 32.3 Å². The van der Waals surface area contributed by atoms with E-state index in [1.165, 1.54) is 12.0 Å². The predicted molar refractivity (Wildman–Crippen MR) is 100.0 cm³/mol. The maximum absolute atomic E-state index is 13.7. The van der Waals surface area contributed by atoms with Crippen molar-refractivity contribution in [2.45, 2.75) is 62.4 Å². The van der Waals surface area contributed by atoms with Crippen molar-refractivity contribution in [2.24, 2.45) is 0 Å². The van der Waals surface area contributed by atoms with Crippen molar-refractivity contribution >= 4 is 29.9 Å². The molecule has 1 amide bonds. The Hall–Kier alpha value is -0.770. The average molecular weight is 369 g/mol. The Bertz CT molecular complexity index is 570. The van der Waals surface area contributed by atoms with E-state index in [2.05, 4.69) is 22.3 Å². The van der Waals surface area contributed by atoms with Crippen LogP contribution in [0.5, 0.6) is 0 Å². The number of amides is 1. The van der Waals surface area contributed by atoms with Crippen LogP contribution in [0.3, 0.4) is 0 Å². The monoisotopic (exact) mass is 368 g/mol. The Morgan fingerprint density at radius 3 is 2.46 bits per heavy atom. The van der Waals surface area contributed by atoms with Gasteiger partial charge in [-0.3, -0.25) is 4.79 Å². The largest absolute Gasteiger partial charge is 0.335 e. The van der Waals surface area contributed by atoms with Gasteiger partial charge in [0.2, 0.25) is 5.91 Å². The van der Waals surface area contributed by atoms with Gasteiger partial charge in [0.25, 0.3) is 0 Å². The smallest absolute Gasteiger partial charge is 0.233 e. The summed E-state index contributed by atoms with van der Waals surface area (Å²) in [5, 5.41) is 4.25. The van der Waals surface area contributed by atoms with Gasteiger partial charge in [-0.2, -0.15) is 0 Å². The van der Waals surface area contributed by atoms with Crippen LogP contribution < -0.4 is 5.32 Å². The Morgan fingerprint density at radius 2 is 1.75 bits per heavy atom. The van der Waals surface area contributed by atoms with E-state index in [4.69, 9.17) is 11.6 Å². The van der Waals surface area contributed by atoms with Crippen molar-refractivity contribution in [2.75, 3.05) is 13.1 Å². The molecular weight excluding hydrogens is 343 g/mol. The molecular formula is C19H26Cl2N2O. The lowest BCUT2D eigenvalue weighted by atomic mass is 9.77. The van der Waals surface area contributed by atoms with Crippen molar-refractivity contribution < 1.29 is 4.79 Å². The Labute approximate surface area is 155 Å². The molecule has 1 N–H and O–H groups in total. The molecule has 2 bridgehead atoms. The molecule has 2 aliphatic heterocycles. The molecule has 3 nitrogen and oxygen atoms in total. The van der Waals surface area contributed by atoms with Crippen LogP contribution in [-0.4, -0.2) is 36.0 Å². The summed E-state index contributed by atoms with van der Waals surface area (Å²) in [6.07, 6.45) is 7.69. The number of fused-ring (bicyclic) bond motifs is 2. The molecule has 0 radical (unpaired) electrons. The molecule has 1 saturated carbocycles. The predicted octanol–water partition coefficient (Wildman–Crippen LogP) is 3.93. The molecule has 24 heavy (non-hydrogen) atoms. The van der Waals surface area contributed by atoms with Crippen LogP contribution in [0, 0.1) is 0 Å². The first-order valence-corrected chi connectivity index (χ1v) is 9.38. The number of hydrogen-bond acceptors (Lipinski definition) is 2. The van der Waals surface area contributed by atoms with E-state index in [1.807, 2.05) is 12.1 Å². The van der Waals surface area contributed by atoms with Crippen molar-refractivity contribution in [1.29, 1.82) is 0 Å². The summed E-state index contributed by atoms with van der Waals surface area (Å²) < 4.78 is 0. The van der Waals surface area contributed by atoms with Gasteiger partial charge in [-0.15, -0.1) is 12.4 Å². The maximum Gasteiger partial charge on any atom is 0.233 e. The number of nitrogens with one attached hydrogen (secondary N) is 1. The molecule has 2 unspecified atom stereocenters. The lowest BCUT2D eigenvalue weighted by Crippen LogP contribution is -2.51. The van der Waals surface area contributed by atoms with E-state index in [1.54, 1.807) is 0 Å². The molecule has 4 rings (SSSR count). The first kappa shape index (κ1) is 18.0. The molecule has 1 aromatic carbocycles. The number of rotatable bonds is 2. The van der Waals surface area contributed by atoms with E-state index in [-0.39, 0.29) is 17.8 Å². The fourth-order valence-electron chi connectivity index (χ4n) is 4.93. The summed E-state index contributed by atoms with van der Waals surface area (Å²) in [7, 11) is 0. The maximum atomic E-state index is 13.7. The van der Waals surface area contributed by atoms with Crippen LogP contribution in [-0.2, 0) is 10.2 Å². The number of carbonyl (C=O) groups is 1. The molecule has 2 heterocycles. The highest BCUT2D eigenvalue weighted by Crippen LogP contribution is 2.45. The van der Waals surface area contributed by atoms with Crippen LogP contribution in [0.15, 0.2) is 24.3 Å². The second-order valence-corrected chi connectivity index (χ2v) is 7.82. The fourth-order valence-corrected chi connectivity index (χ4v) is 5.06. The van der Waals surface area contributed by atoms with Gasteiger partial charge in [-0.1, -0.05) is 36.6 Å². The zero-order valence-electron chi connectivity index (χ0n) is 14.0. The molecule has 0 spiro atoms. The standard InChI is InChI=1S/C19H25ClN2O.ClH/c20-15-5-3-14(4-6-15)19(10-1-2-11-19)18(23)22-16-7-8-17(22)13-21-12-9-16;/h3-6,16-17,21H,1-2,7-13H2;1H. The van der Waals surface area contributed by atoms with E-state index in [0.717, 1.165) is 56.6 Å². The third-order valence-electron chi connectivity index (χ3n) is 6.15. The Morgan fingerprint density at radius 1 is 1.08 bits per heavy atom. The normalized spacial score (nSPS) is 28.3. The zero-order valence-corrected chi connectivity index (χ0v) is 15.5. The molecule has 2 atom stereocenters. The van der Waals surface area contributed by atoms with Crippen molar-refractivity contribution in [1.82, 2.24) is 10.2 Å². The number of halogens is 2. The second-order valence-electron chi connectivity index (χ2n) is 7.39. The highest BCUT2D eigenvalue weighted by molar-refractivity contribution is 6.30. The van der Waals surface area contributed by atoms with Crippen molar-refractivity contribution in [3.63, 3.8) is 0 Å². The van der Waals surface area contributed by atoms with Crippen molar-refractivity contribution in [3.8, 4) is 0 Å².